The summed E-state index contributed by atoms with van der Waals surface area (Å²) in [6, 6.07) is 1.13. The smallest absolute Gasteiger partial charge is 0.305 e. The normalized spacial score (nSPS) is 25.0. The lowest BCUT2D eigenvalue weighted by atomic mass is 10.0. The largest absolute Gasteiger partial charge is 0.481 e. The number of hydrogen-bond donors (Lipinski definition) is 13. The van der Waals surface area contributed by atoms with Crippen LogP contribution in [0.5, 0.6) is 0 Å². The van der Waals surface area contributed by atoms with E-state index in [1.165, 1.54) is 0 Å². The number of thioether (sulfide) groups is 1. The minimum Gasteiger partial charge on any atom is -0.481 e. The topological polar surface area (TPSA) is 404 Å². The Bertz CT molecular complexity index is 1860. The number of primary amides is 1. The predicted molar refractivity (Wildman–Crippen MR) is 233 cm³/mol. The fourth-order valence-corrected chi connectivity index (χ4v) is 9.03. The minimum atomic E-state index is -1.82. The summed E-state index contributed by atoms with van der Waals surface area (Å²) in [5.41, 5.74) is 22.7. The summed E-state index contributed by atoms with van der Waals surface area (Å²) < 4.78 is 0. The van der Waals surface area contributed by atoms with Crippen LogP contribution in [0.3, 0.4) is 0 Å². The van der Waals surface area contributed by atoms with Gasteiger partial charge in [0.1, 0.15) is 30.2 Å². The highest BCUT2D eigenvalue weighted by molar-refractivity contribution is 8.77. The van der Waals surface area contributed by atoms with Gasteiger partial charge in [0.25, 0.3) is 11.8 Å². The molecule has 2 aliphatic rings. The molecule has 1 aromatic rings. The molecule has 346 valence electrons. The molecule has 2 heterocycles. The van der Waals surface area contributed by atoms with Gasteiger partial charge in [-0.2, -0.15) is 0 Å². The van der Waals surface area contributed by atoms with Gasteiger partial charge in [0.15, 0.2) is 16.7 Å². The third-order valence-corrected chi connectivity index (χ3v) is 12.7. The van der Waals surface area contributed by atoms with Crippen molar-refractivity contribution in [1.82, 2.24) is 42.5 Å². The lowest BCUT2D eigenvalue weighted by Gasteiger charge is -2.27. The van der Waals surface area contributed by atoms with Crippen LogP contribution in [0.15, 0.2) is 35.3 Å². The molecule has 0 radical (unpaired) electrons. The first-order chi connectivity index (χ1) is 30.0. The van der Waals surface area contributed by atoms with Crippen LogP contribution < -0.4 is 65.5 Å². The van der Waals surface area contributed by atoms with E-state index in [-0.39, 0.29) is 56.2 Å². The van der Waals surface area contributed by atoms with E-state index in [0.717, 1.165) is 11.8 Å². The number of rotatable bonds is 13. The number of carboxylic acid groups (broad SMARTS) is 1. The molecule has 27 heteroatoms. The van der Waals surface area contributed by atoms with Crippen molar-refractivity contribution in [3.63, 3.8) is 0 Å². The lowest BCUT2D eigenvalue weighted by molar-refractivity contribution is -0.141. The Kier molecular flexibility index (Phi) is 21.8. The molecule has 7 atom stereocenters. The monoisotopic (exact) mass is 939 g/mol. The Morgan fingerprint density at radius 3 is 1.84 bits per heavy atom. The molecular formula is C36H53N13O11S3. The molecule has 7 unspecified atom stereocenters. The number of hydrogen-bond acceptors (Lipinski definition) is 15. The standard InChI is InChI=1S/C36H53N13O11S3/c37-11-5-4-9-20-29(56)48-34-32(59)45-19(10-6-12-41-36(39)40)28(55)42-15-24(50)44-22(14-26(52)53)31(58)49-35(63-62-34)33(60)46-21(13-18-7-2-1-3-8-18)30(57)47-23(27(38)54)16-61-17-25(51)43-20/h1-3,7-8,19-23,34-35H,4-6,9-17,37H2,(H2,38,54)(H,42,55)(H,43,51)(H,44,50)(H,45,59)(H,46,60)(H,47,57)(H,48,56)(H,49,58)(H,52,53)(H4,39,40,41). The Morgan fingerprint density at radius 2 is 1.24 bits per heavy atom. The molecule has 2 fully saturated rings. The maximum atomic E-state index is 14.3. The van der Waals surface area contributed by atoms with Gasteiger partial charge in [-0.25, -0.2) is 0 Å². The quantitative estimate of drug-likeness (QED) is 0.0381. The number of carbonyl (C=O) groups is 10. The van der Waals surface area contributed by atoms with Gasteiger partial charge in [-0.1, -0.05) is 51.9 Å². The van der Waals surface area contributed by atoms with Gasteiger partial charge in [0.2, 0.25) is 41.4 Å². The van der Waals surface area contributed by atoms with Crippen LogP contribution in [0.4, 0.5) is 0 Å². The van der Waals surface area contributed by atoms with Crippen molar-refractivity contribution in [1.29, 1.82) is 0 Å². The molecule has 2 saturated heterocycles. The number of nitrogens with one attached hydrogen (secondary N) is 8. The molecule has 0 saturated carbocycles. The number of aliphatic carboxylic acids is 1. The molecule has 1 aromatic carbocycles. The molecule has 3 rings (SSSR count). The van der Waals surface area contributed by atoms with E-state index in [9.17, 15) is 53.1 Å². The number of guanidine groups is 1. The second kappa shape index (κ2) is 26.6. The average Bonchev–Trinajstić information content (AvgIpc) is 3.22. The Balaban J connectivity index is 2.17. The number of aliphatic imine (C=N–C) groups is 1. The molecule has 17 N–H and O–H groups in total. The number of benzene rings is 1. The molecule has 9 amide bonds. The Morgan fingerprint density at radius 1 is 0.667 bits per heavy atom. The van der Waals surface area contributed by atoms with E-state index in [1.807, 2.05) is 0 Å². The predicted octanol–water partition coefficient (Wildman–Crippen LogP) is -5.06. The number of fused-ring (bicyclic) bond motifs is 3. The molecule has 2 aliphatic heterocycles. The highest BCUT2D eigenvalue weighted by Gasteiger charge is 2.36. The average molecular weight is 940 g/mol. The second-order valence-electron chi connectivity index (χ2n) is 14.0. The summed E-state index contributed by atoms with van der Waals surface area (Å²) in [5.74, 6) is -10.8. The van der Waals surface area contributed by atoms with Crippen LogP contribution >= 0.6 is 33.3 Å². The summed E-state index contributed by atoms with van der Waals surface area (Å²) in [4.78, 5) is 138. The van der Waals surface area contributed by atoms with E-state index in [1.54, 1.807) is 30.3 Å². The zero-order valence-electron chi connectivity index (χ0n) is 33.9. The van der Waals surface area contributed by atoms with Crippen LogP contribution in [0.2, 0.25) is 0 Å². The molecule has 24 nitrogen and oxygen atoms in total. The van der Waals surface area contributed by atoms with Crippen molar-refractivity contribution >= 4 is 98.4 Å². The van der Waals surface area contributed by atoms with Crippen LogP contribution in [-0.4, -0.2) is 142 Å². The SMILES string of the molecule is NCCCCC1NC(=O)CSCC(C(N)=O)NC(=O)C(Cc2ccccc2)NC(=O)C2NC(=O)C(CC(=O)O)NC(=O)CNC(=O)C(CCCN=C(N)N)NC(=O)C(NC1=O)SS2. The number of nitrogens with zero attached hydrogens (tertiary/aromatic N) is 1. The third kappa shape index (κ3) is 18.6. The first-order valence-corrected chi connectivity index (χ1v) is 23.0. The highest BCUT2D eigenvalue weighted by Crippen LogP contribution is 2.30. The molecule has 0 aliphatic carbocycles. The van der Waals surface area contributed by atoms with Crippen molar-refractivity contribution in [2.75, 3.05) is 31.1 Å². The van der Waals surface area contributed by atoms with E-state index in [4.69, 9.17) is 22.9 Å². The lowest BCUT2D eigenvalue weighted by Crippen LogP contribution is -2.58. The zero-order chi connectivity index (χ0) is 46.5. The van der Waals surface area contributed by atoms with Gasteiger partial charge >= 0.3 is 5.97 Å². The first-order valence-electron chi connectivity index (χ1n) is 19.6. The number of unbranched alkanes of at least 4 members (excludes halogenated alkanes) is 1. The van der Waals surface area contributed by atoms with E-state index < -0.39 is 113 Å². The van der Waals surface area contributed by atoms with Crippen LogP contribution in [0.25, 0.3) is 0 Å². The summed E-state index contributed by atoms with van der Waals surface area (Å²) in [6.07, 6.45) is -0.234. The van der Waals surface area contributed by atoms with E-state index in [2.05, 4.69) is 47.5 Å². The molecule has 63 heavy (non-hydrogen) atoms. The van der Waals surface area contributed by atoms with Crippen molar-refractivity contribution in [2.45, 2.75) is 85.9 Å². The van der Waals surface area contributed by atoms with Crippen molar-refractivity contribution in [3.05, 3.63) is 35.9 Å². The van der Waals surface area contributed by atoms with Crippen LogP contribution in [0, 0.1) is 0 Å². The fourth-order valence-electron chi connectivity index (χ4n) is 5.82. The Labute approximate surface area is 373 Å². The van der Waals surface area contributed by atoms with Gasteiger partial charge in [0, 0.05) is 18.7 Å². The maximum absolute atomic E-state index is 14.3. The maximum Gasteiger partial charge on any atom is 0.305 e. The number of carboxylic acids is 1. The third-order valence-electron chi connectivity index (χ3n) is 8.99. The molecular weight excluding hydrogens is 887 g/mol. The summed E-state index contributed by atoms with van der Waals surface area (Å²) in [7, 11) is 1.01. The van der Waals surface area contributed by atoms with Crippen molar-refractivity contribution < 1.29 is 53.1 Å². The zero-order valence-corrected chi connectivity index (χ0v) is 36.4. The van der Waals surface area contributed by atoms with Gasteiger partial charge in [-0.15, -0.1) is 11.8 Å². The van der Waals surface area contributed by atoms with Gasteiger partial charge in [-0.05, 0) is 44.2 Å². The summed E-state index contributed by atoms with van der Waals surface area (Å²) in [6.45, 7) is -0.497. The molecule has 0 aromatic heterocycles. The number of amides is 9. The Hall–Kier alpha value is -5.80. The molecule has 0 spiro atoms. The first kappa shape index (κ1) is 51.5. The molecule has 2 bridgehead atoms. The van der Waals surface area contributed by atoms with E-state index in [0.29, 0.717) is 40.0 Å². The van der Waals surface area contributed by atoms with Crippen molar-refractivity contribution in [3.8, 4) is 0 Å². The second-order valence-corrected chi connectivity index (χ2v) is 17.6. The van der Waals surface area contributed by atoms with Crippen LogP contribution in [-0.2, 0) is 54.4 Å². The fraction of sp³-hybridized carbons (Fsp3) is 0.528. The number of nitrogens with two attached hydrogens (primary N) is 4. The number of carbonyl (C=O) groups excluding carboxylic acids is 9. The van der Waals surface area contributed by atoms with Gasteiger partial charge in [-0.3, -0.25) is 52.9 Å². The minimum absolute atomic E-state index is 0.0314. The summed E-state index contributed by atoms with van der Waals surface area (Å²) in [5, 5.41) is 25.8. The van der Waals surface area contributed by atoms with Crippen LogP contribution in [0.1, 0.15) is 44.1 Å². The van der Waals surface area contributed by atoms with Gasteiger partial charge < -0.3 is 70.6 Å². The highest BCUT2D eigenvalue weighted by atomic mass is 33.1. The van der Waals surface area contributed by atoms with E-state index >= 15 is 0 Å². The van der Waals surface area contributed by atoms with Gasteiger partial charge in [0.05, 0.1) is 18.7 Å². The van der Waals surface area contributed by atoms with Crippen molar-refractivity contribution in [2.24, 2.45) is 27.9 Å². The summed E-state index contributed by atoms with van der Waals surface area (Å²) >= 11 is 0.911.